The Morgan fingerprint density at radius 3 is 1.68 bits per heavy atom. The van der Waals surface area contributed by atoms with Crippen LogP contribution < -0.4 is 5.32 Å². The number of nitrogens with zero attached hydrogens (tertiary/aromatic N) is 2. The number of ether oxygens (including phenoxy) is 2. The van der Waals surface area contributed by atoms with Crippen LogP contribution in [-0.4, -0.2) is 113 Å². The fourth-order valence-corrected chi connectivity index (χ4v) is 4.28. The van der Waals surface area contributed by atoms with Crippen LogP contribution in [0.5, 0.6) is 0 Å². The summed E-state index contributed by atoms with van der Waals surface area (Å²) in [6, 6.07) is 0. The average molecular weight is 566 g/mol. The van der Waals surface area contributed by atoms with E-state index in [1.807, 2.05) is 9.62 Å². The Bertz CT molecular complexity index is 690. The molecule has 0 bridgehead atoms. The molecule has 0 aromatic heterocycles. The maximum absolute atomic E-state index is 10.9. The van der Waals surface area contributed by atoms with Crippen molar-refractivity contribution in [2.45, 2.75) is 38.5 Å². The van der Waals surface area contributed by atoms with Crippen molar-refractivity contribution in [3.05, 3.63) is 0 Å². The van der Waals surface area contributed by atoms with Gasteiger partial charge < -0.3 is 39.1 Å². The summed E-state index contributed by atoms with van der Waals surface area (Å²) in [7, 11) is 5.83. The van der Waals surface area contributed by atoms with Gasteiger partial charge in [-0.15, -0.1) is 24.8 Å². The fraction of sp³-hybridized carbons (Fsp3) is 0.773. The summed E-state index contributed by atoms with van der Waals surface area (Å²) in [6.07, 6.45) is 5.70. The second kappa shape index (κ2) is 22.3. The molecule has 0 amide bonds. The number of halogens is 2. The summed E-state index contributed by atoms with van der Waals surface area (Å²) in [4.78, 5) is 56.0. The van der Waals surface area contributed by atoms with Crippen molar-refractivity contribution >= 4 is 69.9 Å². The minimum atomic E-state index is -0.757. The summed E-state index contributed by atoms with van der Waals surface area (Å²) in [5, 5.41) is 11.7. The van der Waals surface area contributed by atoms with Crippen molar-refractivity contribution < 1.29 is 38.6 Å². The Balaban J connectivity index is 0. The average Bonchev–Trinajstić information content (AvgIpc) is 3.58. The lowest BCUT2D eigenvalue weighted by molar-refractivity contribution is -0.142. The summed E-state index contributed by atoms with van der Waals surface area (Å²) < 4.78 is 9.12. The Hall–Kier alpha value is -1.66. The number of carbonyl (C=O) groups is 5. The van der Waals surface area contributed by atoms with Gasteiger partial charge in [0.1, 0.15) is 0 Å². The van der Waals surface area contributed by atoms with E-state index in [0.717, 1.165) is 64.4 Å². The first-order valence-corrected chi connectivity index (χ1v) is 11.9. The highest BCUT2D eigenvalue weighted by molar-refractivity contribution is 6.64. The number of esters is 2. The van der Waals surface area contributed by atoms with Gasteiger partial charge in [-0.1, -0.05) is 0 Å². The van der Waals surface area contributed by atoms with E-state index in [2.05, 4.69) is 14.8 Å². The van der Waals surface area contributed by atoms with Crippen LogP contribution in [-0.2, 0) is 33.4 Å². The lowest BCUT2D eigenvalue weighted by atomic mass is 9.95. The van der Waals surface area contributed by atoms with E-state index in [4.69, 9.17) is 5.11 Å². The molecular weight excluding hydrogens is 527 g/mol. The predicted octanol–water partition coefficient (Wildman–Crippen LogP) is 0.276. The largest absolute Gasteiger partial charge is 0.481 e. The number of rotatable bonds is 10. The fourth-order valence-electron chi connectivity index (χ4n) is 4.28. The minimum Gasteiger partial charge on any atom is -0.481 e. The number of methoxy groups -OCH3 is 2. The van der Waals surface area contributed by atoms with Crippen molar-refractivity contribution in [2.75, 3.05) is 53.5 Å². The van der Waals surface area contributed by atoms with Crippen LogP contribution in [0, 0.1) is 17.8 Å². The van der Waals surface area contributed by atoms with Gasteiger partial charge in [-0.2, -0.15) is 0 Å². The van der Waals surface area contributed by atoms with Gasteiger partial charge in [0.2, 0.25) is 0 Å². The molecule has 3 saturated heterocycles. The van der Waals surface area contributed by atoms with Gasteiger partial charge in [-0.25, -0.2) is 0 Å². The molecule has 0 spiro atoms. The first kappa shape index (κ1) is 37.5. The van der Waals surface area contributed by atoms with Crippen molar-refractivity contribution in [2.24, 2.45) is 17.8 Å². The summed E-state index contributed by atoms with van der Waals surface area (Å²) >= 11 is 0. The molecule has 3 rings (SSSR count). The van der Waals surface area contributed by atoms with Crippen LogP contribution in [0.4, 0.5) is 0 Å². The zero-order valence-electron chi connectivity index (χ0n) is 21.5. The van der Waals surface area contributed by atoms with Gasteiger partial charge >= 0.3 is 17.9 Å². The van der Waals surface area contributed by atoms with Crippen LogP contribution >= 0.6 is 24.8 Å². The summed E-state index contributed by atoms with van der Waals surface area (Å²) in [5.74, 6) is 0.0365. The Morgan fingerprint density at radius 2 is 1.30 bits per heavy atom. The van der Waals surface area contributed by atoms with E-state index in [0.29, 0.717) is 31.2 Å². The molecule has 2 radical (unpaired) electrons. The summed E-state index contributed by atoms with van der Waals surface area (Å²) in [6.45, 7) is 5.16. The van der Waals surface area contributed by atoms with Gasteiger partial charge in [-0.3, -0.25) is 14.4 Å². The van der Waals surface area contributed by atoms with Crippen molar-refractivity contribution in [3.8, 4) is 0 Å². The van der Waals surface area contributed by atoms with E-state index < -0.39 is 5.97 Å². The number of carboxylic acid groups (broad SMARTS) is 1. The van der Waals surface area contributed by atoms with Crippen LogP contribution in [0.2, 0.25) is 0 Å². The minimum absolute atomic E-state index is 0. The summed E-state index contributed by atoms with van der Waals surface area (Å²) in [5.41, 5.74) is 0. The number of hydrogen-bond donors (Lipinski definition) is 2. The zero-order valence-corrected chi connectivity index (χ0v) is 23.2. The topological polar surface area (TPSA) is 143 Å². The highest BCUT2D eigenvalue weighted by Gasteiger charge is 2.25. The smallest absolute Gasteiger partial charge is 0.305 e. The molecule has 210 valence electrons. The highest BCUT2D eigenvalue weighted by Crippen LogP contribution is 2.19. The molecule has 2 N–H and O–H groups in total. The Kier molecular flexibility index (Phi) is 22.6. The second-order valence-electron chi connectivity index (χ2n) is 8.89. The van der Waals surface area contributed by atoms with E-state index in [-0.39, 0.29) is 49.1 Å². The van der Waals surface area contributed by atoms with Gasteiger partial charge in [0.25, 0.3) is 14.8 Å². The maximum atomic E-state index is 10.9. The van der Waals surface area contributed by atoms with E-state index in [1.165, 1.54) is 29.0 Å². The molecule has 0 aromatic carbocycles. The lowest BCUT2D eigenvalue weighted by Crippen LogP contribution is -2.26. The molecule has 3 fully saturated rings. The van der Waals surface area contributed by atoms with E-state index >= 15 is 0 Å². The predicted molar refractivity (Wildman–Crippen MR) is 145 cm³/mol. The lowest BCUT2D eigenvalue weighted by Gasteiger charge is -2.10. The Morgan fingerprint density at radius 1 is 0.838 bits per heavy atom. The number of aliphatic carboxylic acids is 1. The molecule has 3 atom stereocenters. The van der Waals surface area contributed by atoms with E-state index in [1.54, 1.807) is 0 Å². The van der Waals surface area contributed by atoms with Crippen LogP contribution in [0.25, 0.3) is 0 Å². The van der Waals surface area contributed by atoms with Gasteiger partial charge in [0.05, 0.1) is 26.6 Å². The quantitative estimate of drug-likeness (QED) is 0.214. The monoisotopic (exact) mass is 565 g/mol. The highest BCUT2D eigenvalue weighted by atomic mass is 35.5. The van der Waals surface area contributed by atoms with Gasteiger partial charge in [-0.05, 0) is 76.3 Å². The zero-order chi connectivity index (χ0) is 26.1. The molecule has 3 aliphatic rings. The molecule has 0 aliphatic carbocycles. The van der Waals surface area contributed by atoms with Gasteiger partial charge in [0, 0.05) is 19.3 Å². The van der Waals surface area contributed by atoms with Crippen LogP contribution in [0.1, 0.15) is 38.5 Å². The molecule has 3 heterocycles. The first-order chi connectivity index (χ1) is 16.8. The molecular formula is C22H39B2Cl2N3O8. The molecule has 0 aromatic rings. The van der Waals surface area contributed by atoms with Crippen molar-refractivity contribution in [1.29, 1.82) is 0 Å². The molecule has 3 aliphatic heterocycles. The number of carbonyl (C=O) groups excluding carboxylic acids is 4. The number of nitrogens with one attached hydrogen (secondary N) is 1. The maximum Gasteiger partial charge on any atom is 0.305 e. The molecule has 15 heteroatoms. The van der Waals surface area contributed by atoms with Crippen molar-refractivity contribution in [1.82, 2.24) is 14.9 Å². The number of carboxylic acids is 1. The third kappa shape index (κ3) is 17.5. The molecule has 0 saturated carbocycles. The SMILES string of the molecule is COC(=O)CC1CCN([B]C=O)C1.COC(=O)CC1CCNC1.Cl.Cl.O=C[B]N1CCC(CC(=O)O)C1. The standard InChI is InChI=1S/C8H13BNO3.C7H11BNO3.C7H13NO2.2ClH/c1-13-8(12)4-7-2-3-10(5-7)9-6-11;10-5-8-9-2-1-6(4-9)3-7(11)12;1-10-7(9)4-6-2-3-8-5-6;;/h6-7H,2-5H2,1H3;5-6H,1-4H2,(H,11,12);6,8H,2-5H2,1H3;2*1H. The third-order valence-electron chi connectivity index (χ3n) is 6.17. The normalized spacial score (nSPS) is 22.4. The second-order valence-corrected chi connectivity index (χ2v) is 8.89. The molecule has 37 heavy (non-hydrogen) atoms. The number of hydrogen-bond acceptors (Lipinski definition) is 10. The molecule has 11 nitrogen and oxygen atoms in total. The van der Waals surface area contributed by atoms with Crippen LogP contribution in [0.3, 0.4) is 0 Å². The van der Waals surface area contributed by atoms with E-state index in [9.17, 15) is 24.0 Å². The third-order valence-corrected chi connectivity index (χ3v) is 6.17. The van der Waals surface area contributed by atoms with Gasteiger partial charge in [0.15, 0.2) is 0 Å². The van der Waals surface area contributed by atoms with Crippen LogP contribution in [0.15, 0.2) is 0 Å². The first-order valence-electron chi connectivity index (χ1n) is 11.9. The molecule has 3 unspecified atom stereocenters. The van der Waals surface area contributed by atoms with Crippen molar-refractivity contribution in [3.63, 3.8) is 0 Å². The Labute approximate surface area is 233 Å².